The van der Waals surface area contributed by atoms with Crippen LogP contribution in [0.2, 0.25) is 9.36 Å². The Morgan fingerprint density at radius 2 is 1.66 bits per heavy atom. The number of nitrogens with one attached hydrogen (secondary N) is 1. The van der Waals surface area contributed by atoms with E-state index in [1.165, 1.54) is 18.6 Å². The molecule has 5 nitrogen and oxygen atoms in total. The van der Waals surface area contributed by atoms with E-state index in [1.807, 2.05) is 0 Å². The molecule has 0 radical (unpaired) electrons. The van der Waals surface area contributed by atoms with Crippen LogP contribution in [0.3, 0.4) is 0 Å². The lowest BCUT2D eigenvalue weighted by Crippen LogP contribution is -2.50. The van der Waals surface area contributed by atoms with Crippen molar-refractivity contribution in [2.45, 2.75) is 75.9 Å². The highest BCUT2D eigenvalue weighted by Crippen LogP contribution is 2.37. The molecule has 2 amide bonds. The van der Waals surface area contributed by atoms with Crippen molar-refractivity contribution in [1.29, 1.82) is 0 Å². The highest BCUT2D eigenvalue weighted by molar-refractivity contribution is 7.11. The van der Waals surface area contributed by atoms with Gasteiger partial charge in [-0.2, -0.15) is 4.37 Å². The number of nitrogens with zero attached hydrogens (tertiary/aromatic N) is 2. The number of halogens is 3. The average molecular weight is 498 g/mol. The molecule has 1 aromatic carbocycles. The van der Waals surface area contributed by atoms with Crippen LogP contribution in [0.25, 0.3) is 0 Å². The summed E-state index contributed by atoms with van der Waals surface area (Å²) in [4.78, 5) is 29.0. The minimum absolute atomic E-state index is 0.0612. The highest BCUT2D eigenvalue weighted by atomic mass is 35.5. The van der Waals surface area contributed by atoms with Crippen LogP contribution in [0.1, 0.15) is 79.9 Å². The summed E-state index contributed by atoms with van der Waals surface area (Å²) >= 11 is 13.3. The van der Waals surface area contributed by atoms with Gasteiger partial charge in [-0.25, -0.2) is 4.39 Å². The van der Waals surface area contributed by atoms with E-state index in [-0.39, 0.29) is 33.0 Å². The zero-order chi connectivity index (χ0) is 22.7. The molecule has 2 aliphatic rings. The average Bonchev–Trinajstić information content (AvgIpc) is 3.43. The fourth-order valence-corrected chi connectivity index (χ4v) is 5.79. The summed E-state index contributed by atoms with van der Waals surface area (Å²) < 4.78 is 18.1. The van der Waals surface area contributed by atoms with Crippen LogP contribution in [-0.2, 0) is 4.79 Å². The minimum Gasteiger partial charge on any atom is -0.351 e. The second kappa shape index (κ2) is 10.5. The van der Waals surface area contributed by atoms with Crippen LogP contribution in [-0.4, -0.2) is 33.2 Å². The van der Waals surface area contributed by atoms with Gasteiger partial charge in [-0.1, -0.05) is 67.4 Å². The number of benzene rings is 1. The van der Waals surface area contributed by atoms with Gasteiger partial charge in [-0.15, -0.1) is 0 Å². The second-order valence-corrected chi connectivity index (χ2v) is 10.3. The molecule has 2 saturated carbocycles. The summed E-state index contributed by atoms with van der Waals surface area (Å²) in [7, 11) is 0. The summed E-state index contributed by atoms with van der Waals surface area (Å²) in [5.41, 5.74) is 0.628. The van der Waals surface area contributed by atoms with E-state index in [9.17, 15) is 14.0 Å². The smallest absolute Gasteiger partial charge is 0.276 e. The molecule has 1 atom stereocenters. The predicted molar refractivity (Wildman–Crippen MR) is 125 cm³/mol. The maximum atomic E-state index is 13.7. The van der Waals surface area contributed by atoms with Crippen LogP contribution in [0.15, 0.2) is 24.3 Å². The number of hydrogen-bond acceptors (Lipinski definition) is 4. The summed E-state index contributed by atoms with van der Waals surface area (Å²) in [6, 6.07) is 4.84. The Balaban J connectivity index is 1.73. The van der Waals surface area contributed by atoms with Crippen molar-refractivity contribution >= 4 is 46.5 Å². The van der Waals surface area contributed by atoms with E-state index < -0.39 is 17.8 Å². The van der Waals surface area contributed by atoms with Gasteiger partial charge >= 0.3 is 0 Å². The molecule has 1 unspecified atom stereocenters. The molecule has 1 aromatic heterocycles. The Labute approximate surface area is 201 Å². The molecule has 0 bridgehead atoms. The first kappa shape index (κ1) is 23.5. The van der Waals surface area contributed by atoms with E-state index in [4.69, 9.17) is 23.2 Å². The Morgan fingerprint density at radius 3 is 2.25 bits per heavy atom. The number of amides is 2. The fourth-order valence-electron chi connectivity index (χ4n) is 4.80. The van der Waals surface area contributed by atoms with E-state index in [0.29, 0.717) is 5.56 Å². The van der Waals surface area contributed by atoms with Crippen molar-refractivity contribution in [2.75, 3.05) is 0 Å². The minimum atomic E-state index is -0.898. The maximum Gasteiger partial charge on any atom is 0.276 e. The number of aromatic nitrogens is 1. The second-order valence-electron chi connectivity index (χ2n) is 8.57. The van der Waals surface area contributed by atoms with Crippen molar-refractivity contribution in [3.63, 3.8) is 0 Å². The van der Waals surface area contributed by atoms with Gasteiger partial charge in [-0.05, 0) is 54.9 Å². The van der Waals surface area contributed by atoms with Crippen LogP contribution in [0.4, 0.5) is 4.39 Å². The van der Waals surface area contributed by atoms with Crippen LogP contribution in [0.5, 0.6) is 0 Å². The summed E-state index contributed by atoms with van der Waals surface area (Å²) in [5, 5.41) is 3.27. The third-order valence-corrected chi connectivity index (χ3v) is 8.03. The zero-order valence-electron chi connectivity index (χ0n) is 17.7. The molecular formula is C23H26Cl2FN3O2S. The molecule has 32 heavy (non-hydrogen) atoms. The zero-order valence-corrected chi connectivity index (χ0v) is 20.0. The Kier molecular flexibility index (Phi) is 7.69. The first-order valence-corrected chi connectivity index (χ1v) is 12.7. The summed E-state index contributed by atoms with van der Waals surface area (Å²) in [6.07, 6.45) is 8.68. The van der Waals surface area contributed by atoms with Crippen molar-refractivity contribution < 1.29 is 14.0 Å². The first-order chi connectivity index (χ1) is 15.5. The van der Waals surface area contributed by atoms with E-state index in [0.717, 1.165) is 62.9 Å². The molecule has 1 heterocycles. The molecule has 1 N–H and O–H groups in total. The Morgan fingerprint density at radius 1 is 1.03 bits per heavy atom. The molecular weight excluding hydrogens is 472 g/mol. The normalized spacial score (nSPS) is 18.5. The van der Waals surface area contributed by atoms with Gasteiger partial charge in [0.2, 0.25) is 5.91 Å². The van der Waals surface area contributed by atoms with E-state index in [2.05, 4.69) is 9.69 Å². The van der Waals surface area contributed by atoms with E-state index in [1.54, 1.807) is 17.0 Å². The quantitative estimate of drug-likeness (QED) is 0.519. The van der Waals surface area contributed by atoms with Gasteiger partial charge in [0.1, 0.15) is 21.2 Å². The molecule has 172 valence electrons. The van der Waals surface area contributed by atoms with Crippen LogP contribution >= 0.6 is 34.7 Å². The van der Waals surface area contributed by atoms with Crippen molar-refractivity contribution in [3.05, 3.63) is 50.7 Å². The van der Waals surface area contributed by atoms with Gasteiger partial charge < -0.3 is 10.2 Å². The molecule has 2 aliphatic carbocycles. The van der Waals surface area contributed by atoms with Gasteiger partial charge in [-0.3, -0.25) is 9.59 Å². The molecule has 4 rings (SSSR count). The molecule has 2 aromatic rings. The number of hydrogen-bond donors (Lipinski definition) is 1. The maximum absolute atomic E-state index is 13.7. The van der Waals surface area contributed by atoms with Gasteiger partial charge in [0, 0.05) is 12.1 Å². The Hall–Kier alpha value is -1.70. The molecule has 0 spiro atoms. The number of carbonyl (C=O) groups is 2. The largest absolute Gasteiger partial charge is 0.351 e. The third-order valence-electron chi connectivity index (χ3n) is 6.42. The van der Waals surface area contributed by atoms with Crippen LogP contribution in [0, 0.1) is 5.82 Å². The first-order valence-electron chi connectivity index (χ1n) is 11.1. The van der Waals surface area contributed by atoms with E-state index >= 15 is 0 Å². The third kappa shape index (κ3) is 5.10. The number of carbonyl (C=O) groups excluding carboxylic acids is 2. The predicted octanol–water partition coefficient (Wildman–Crippen LogP) is 6.16. The van der Waals surface area contributed by atoms with Crippen molar-refractivity contribution in [2.24, 2.45) is 0 Å². The monoisotopic (exact) mass is 497 g/mol. The Bertz CT molecular complexity index is 957. The summed E-state index contributed by atoms with van der Waals surface area (Å²) in [5.74, 6) is -1.06. The van der Waals surface area contributed by atoms with Crippen molar-refractivity contribution in [1.82, 2.24) is 14.6 Å². The van der Waals surface area contributed by atoms with Gasteiger partial charge in [0.25, 0.3) is 5.91 Å². The van der Waals surface area contributed by atoms with Crippen LogP contribution < -0.4 is 5.32 Å². The SMILES string of the molecule is O=C(NC1CCCCC1)C(c1ccc(F)cc1)N(C(=O)c1nsc(Cl)c1Cl)C1CCCC1. The topological polar surface area (TPSA) is 62.3 Å². The van der Waals surface area contributed by atoms with Gasteiger partial charge in [0.15, 0.2) is 5.69 Å². The standard InChI is InChI=1S/C23H26Cl2FN3O2S/c24-18-19(28-32-21(18)25)23(31)29(17-8-4-5-9-17)20(14-10-12-15(26)13-11-14)22(30)27-16-6-2-1-3-7-16/h10-13,16-17,20H,1-9H2,(H,27,30). The highest BCUT2D eigenvalue weighted by Gasteiger charge is 2.40. The summed E-state index contributed by atoms with van der Waals surface area (Å²) in [6.45, 7) is 0. The number of rotatable bonds is 6. The molecule has 9 heteroatoms. The van der Waals surface area contributed by atoms with Crippen molar-refractivity contribution in [3.8, 4) is 0 Å². The molecule has 0 aliphatic heterocycles. The lowest BCUT2D eigenvalue weighted by atomic mass is 9.94. The van der Waals surface area contributed by atoms with Gasteiger partial charge in [0.05, 0.1) is 0 Å². The molecule has 0 saturated heterocycles. The molecule has 2 fully saturated rings. The lowest BCUT2D eigenvalue weighted by molar-refractivity contribution is -0.127. The lowest BCUT2D eigenvalue weighted by Gasteiger charge is -2.37. The fraction of sp³-hybridized carbons (Fsp3) is 0.522.